The third-order valence-corrected chi connectivity index (χ3v) is 6.56. The number of fused-ring (bicyclic) bond motifs is 2. The average molecular weight is 499 g/mol. The van der Waals surface area contributed by atoms with Crippen molar-refractivity contribution in [1.82, 2.24) is 10.6 Å². The topological polar surface area (TPSA) is 98.7 Å². The van der Waals surface area contributed by atoms with Crippen molar-refractivity contribution in [3.63, 3.8) is 0 Å². The highest BCUT2D eigenvalue weighted by atomic mass is 16.3. The maximum atomic E-state index is 12.4. The Balaban J connectivity index is 1.26. The summed E-state index contributed by atoms with van der Waals surface area (Å²) in [5.41, 5.74) is -0.386. The fourth-order valence-corrected chi connectivity index (χ4v) is 4.69. The standard InChI is InChI=1S/C31H34N2O4/c1-30(36,18-24-13-7-11-22-9-3-5-15-26(22)24)20-32-28(34)17-29(35)33-21-31(2,37)19-25-14-8-12-23-10-4-6-16-27(23)25/h3-16,36-37H,17-21H2,1-2H3,(H,32,34)(H,33,35). The van der Waals surface area contributed by atoms with Crippen LogP contribution in [-0.4, -0.2) is 46.3 Å². The van der Waals surface area contributed by atoms with Gasteiger partial charge in [-0.1, -0.05) is 84.9 Å². The van der Waals surface area contributed by atoms with E-state index < -0.39 is 23.0 Å². The van der Waals surface area contributed by atoms with E-state index in [-0.39, 0.29) is 19.5 Å². The molecule has 0 aromatic heterocycles. The minimum atomic E-state index is -1.18. The van der Waals surface area contributed by atoms with Gasteiger partial charge >= 0.3 is 0 Å². The molecule has 0 aliphatic rings. The minimum Gasteiger partial charge on any atom is -0.388 e. The molecule has 0 saturated heterocycles. The molecule has 0 spiro atoms. The van der Waals surface area contributed by atoms with Gasteiger partial charge in [-0.15, -0.1) is 0 Å². The summed E-state index contributed by atoms with van der Waals surface area (Å²) in [4.78, 5) is 24.8. The Morgan fingerprint density at radius 1 is 0.622 bits per heavy atom. The van der Waals surface area contributed by atoms with Crippen LogP contribution in [0.2, 0.25) is 0 Å². The van der Waals surface area contributed by atoms with Crippen molar-refractivity contribution < 1.29 is 19.8 Å². The van der Waals surface area contributed by atoms with E-state index in [0.717, 1.165) is 32.7 Å². The Bertz CT molecular complexity index is 1290. The van der Waals surface area contributed by atoms with E-state index in [4.69, 9.17) is 0 Å². The first-order valence-corrected chi connectivity index (χ1v) is 12.5. The molecule has 2 unspecified atom stereocenters. The van der Waals surface area contributed by atoms with Crippen LogP contribution in [0.1, 0.15) is 31.4 Å². The number of carbonyl (C=O) groups is 2. The van der Waals surface area contributed by atoms with Gasteiger partial charge in [0.25, 0.3) is 0 Å². The van der Waals surface area contributed by atoms with Crippen LogP contribution >= 0.6 is 0 Å². The molecule has 4 N–H and O–H groups in total. The number of hydrogen-bond acceptors (Lipinski definition) is 4. The van der Waals surface area contributed by atoms with Crippen LogP contribution in [0.4, 0.5) is 0 Å². The van der Waals surface area contributed by atoms with Crippen molar-refractivity contribution in [3.8, 4) is 0 Å². The van der Waals surface area contributed by atoms with Gasteiger partial charge in [0.05, 0.1) is 11.2 Å². The average Bonchev–Trinajstić information content (AvgIpc) is 2.87. The normalized spacial score (nSPS) is 14.6. The first-order chi connectivity index (χ1) is 17.6. The van der Waals surface area contributed by atoms with E-state index >= 15 is 0 Å². The van der Waals surface area contributed by atoms with Gasteiger partial charge < -0.3 is 20.8 Å². The number of benzene rings is 4. The number of hydrogen-bond donors (Lipinski definition) is 4. The minimum absolute atomic E-state index is 0.0150. The van der Waals surface area contributed by atoms with Crippen LogP contribution < -0.4 is 10.6 Å². The van der Waals surface area contributed by atoms with Crippen molar-refractivity contribution in [2.24, 2.45) is 0 Å². The van der Waals surface area contributed by atoms with Gasteiger partial charge in [-0.2, -0.15) is 0 Å². The zero-order valence-electron chi connectivity index (χ0n) is 21.3. The van der Waals surface area contributed by atoms with E-state index in [9.17, 15) is 19.8 Å². The fraction of sp³-hybridized carbons (Fsp3) is 0.290. The summed E-state index contributed by atoms with van der Waals surface area (Å²) >= 11 is 0. The Hall–Kier alpha value is -3.74. The number of nitrogens with one attached hydrogen (secondary N) is 2. The summed E-state index contributed by atoms with van der Waals surface area (Å²) in [5, 5.41) is 31.4. The van der Waals surface area contributed by atoms with Gasteiger partial charge in [-0.25, -0.2) is 0 Å². The number of rotatable bonds is 10. The first kappa shape index (κ1) is 26.3. The lowest BCUT2D eigenvalue weighted by Crippen LogP contribution is -2.45. The lowest BCUT2D eigenvalue weighted by molar-refractivity contribution is -0.130. The molecule has 0 bridgehead atoms. The van der Waals surface area contributed by atoms with Crippen LogP contribution in [0, 0.1) is 0 Å². The molecule has 37 heavy (non-hydrogen) atoms. The molecule has 4 aromatic carbocycles. The van der Waals surface area contributed by atoms with Crippen LogP contribution in [0.5, 0.6) is 0 Å². The second-order valence-electron chi connectivity index (χ2n) is 10.4. The van der Waals surface area contributed by atoms with E-state index in [1.165, 1.54) is 0 Å². The molecule has 0 aliphatic heterocycles. The maximum Gasteiger partial charge on any atom is 0.229 e. The Labute approximate surface area is 217 Å². The Morgan fingerprint density at radius 3 is 1.43 bits per heavy atom. The molecule has 6 heteroatoms. The van der Waals surface area contributed by atoms with Gasteiger partial charge in [-0.3, -0.25) is 9.59 Å². The van der Waals surface area contributed by atoms with Crippen LogP contribution in [0.15, 0.2) is 84.9 Å². The van der Waals surface area contributed by atoms with Crippen LogP contribution in [-0.2, 0) is 22.4 Å². The Morgan fingerprint density at radius 2 is 1.00 bits per heavy atom. The second-order valence-corrected chi connectivity index (χ2v) is 10.4. The predicted octanol–water partition coefficient (Wildman–Crippen LogP) is 3.90. The molecule has 2 amide bonds. The molecule has 4 aromatic rings. The first-order valence-electron chi connectivity index (χ1n) is 12.5. The van der Waals surface area contributed by atoms with Crippen LogP contribution in [0.25, 0.3) is 21.5 Å². The zero-order valence-corrected chi connectivity index (χ0v) is 21.3. The molecule has 0 aliphatic carbocycles. The third-order valence-electron chi connectivity index (χ3n) is 6.56. The summed E-state index contributed by atoms with van der Waals surface area (Å²) in [6, 6.07) is 27.8. The summed E-state index contributed by atoms with van der Waals surface area (Å²) in [5.74, 6) is -0.964. The lowest BCUT2D eigenvalue weighted by Gasteiger charge is -2.25. The number of amides is 2. The molecule has 0 fully saturated rings. The molecular formula is C31H34N2O4. The third kappa shape index (κ3) is 7.15. The summed E-state index contributed by atoms with van der Waals surface area (Å²) in [7, 11) is 0. The quantitative estimate of drug-likeness (QED) is 0.249. The summed E-state index contributed by atoms with van der Waals surface area (Å²) in [6.07, 6.45) is 0.338. The van der Waals surface area contributed by atoms with Crippen molar-refractivity contribution in [2.75, 3.05) is 13.1 Å². The molecule has 0 heterocycles. The van der Waals surface area contributed by atoms with Gasteiger partial charge in [0.2, 0.25) is 11.8 Å². The fourth-order valence-electron chi connectivity index (χ4n) is 4.69. The summed E-state index contributed by atoms with van der Waals surface area (Å²) < 4.78 is 0. The molecule has 192 valence electrons. The SMILES string of the molecule is CC(O)(CNC(=O)CC(=O)NCC(C)(O)Cc1cccc2ccccc12)Cc1cccc2ccccc12. The van der Waals surface area contributed by atoms with Crippen molar-refractivity contribution >= 4 is 33.4 Å². The largest absolute Gasteiger partial charge is 0.388 e. The highest BCUT2D eigenvalue weighted by molar-refractivity contribution is 5.97. The lowest BCUT2D eigenvalue weighted by atomic mass is 9.92. The van der Waals surface area contributed by atoms with Crippen LogP contribution in [0.3, 0.4) is 0 Å². The number of aliphatic hydroxyl groups is 2. The van der Waals surface area contributed by atoms with Gasteiger partial charge in [0.1, 0.15) is 6.42 Å². The molecule has 2 atom stereocenters. The predicted molar refractivity (Wildman–Crippen MR) is 147 cm³/mol. The highest BCUT2D eigenvalue weighted by Gasteiger charge is 2.25. The van der Waals surface area contributed by atoms with Crippen molar-refractivity contribution in [3.05, 3.63) is 96.1 Å². The van der Waals surface area contributed by atoms with Crippen molar-refractivity contribution in [1.29, 1.82) is 0 Å². The molecule has 0 saturated carbocycles. The smallest absolute Gasteiger partial charge is 0.229 e. The highest BCUT2D eigenvalue weighted by Crippen LogP contribution is 2.24. The van der Waals surface area contributed by atoms with Crippen molar-refractivity contribution in [2.45, 2.75) is 44.3 Å². The number of carbonyl (C=O) groups excluding carboxylic acids is 2. The zero-order chi connectivity index (χ0) is 26.5. The maximum absolute atomic E-state index is 12.4. The summed E-state index contributed by atoms with van der Waals surface area (Å²) in [6.45, 7) is 3.36. The molecular weight excluding hydrogens is 464 g/mol. The van der Waals surface area contributed by atoms with E-state index in [1.807, 2.05) is 84.9 Å². The van der Waals surface area contributed by atoms with Gasteiger partial charge in [0, 0.05) is 25.9 Å². The monoisotopic (exact) mass is 498 g/mol. The molecule has 0 radical (unpaired) electrons. The van der Waals surface area contributed by atoms with E-state index in [0.29, 0.717) is 12.8 Å². The van der Waals surface area contributed by atoms with Gasteiger partial charge in [-0.05, 0) is 46.5 Å². The second kappa shape index (κ2) is 11.1. The van der Waals surface area contributed by atoms with Gasteiger partial charge in [0.15, 0.2) is 0 Å². The molecule has 6 nitrogen and oxygen atoms in total. The Kier molecular flexibility index (Phi) is 7.91. The molecule has 4 rings (SSSR count). The van der Waals surface area contributed by atoms with E-state index in [2.05, 4.69) is 10.6 Å². The van der Waals surface area contributed by atoms with E-state index in [1.54, 1.807) is 13.8 Å².